The van der Waals surface area contributed by atoms with Crippen LogP contribution in [0.4, 0.5) is 5.69 Å². The van der Waals surface area contributed by atoms with E-state index in [4.69, 9.17) is 0 Å². The molecule has 0 spiro atoms. The average Bonchev–Trinajstić information content (AvgIpc) is 3.01. The van der Waals surface area contributed by atoms with Gasteiger partial charge < -0.3 is 9.80 Å². The molecule has 126 valence electrons. The van der Waals surface area contributed by atoms with E-state index in [1.807, 2.05) is 23.3 Å². The lowest BCUT2D eigenvalue weighted by atomic mass is 10.1. The van der Waals surface area contributed by atoms with Gasteiger partial charge in [-0.1, -0.05) is 12.1 Å². The van der Waals surface area contributed by atoms with Crippen LogP contribution < -0.4 is 4.90 Å². The van der Waals surface area contributed by atoms with E-state index in [2.05, 4.69) is 41.9 Å². The van der Waals surface area contributed by atoms with Crippen molar-refractivity contribution in [2.45, 2.75) is 20.8 Å². The van der Waals surface area contributed by atoms with Gasteiger partial charge in [-0.05, 0) is 44.0 Å². The lowest BCUT2D eigenvalue weighted by Crippen LogP contribution is -2.48. The number of anilines is 1. The Balaban J connectivity index is 1.59. The van der Waals surface area contributed by atoms with Gasteiger partial charge in [0.15, 0.2) is 0 Å². The van der Waals surface area contributed by atoms with Crippen LogP contribution in [0.3, 0.4) is 0 Å². The molecule has 0 unspecified atom stereocenters. The Morgan fingerprint density at radius 2 is 1.92 bits per heavy atom. The van der Waals surface area contributed by atoms with Crippen molar-refractivity contribution >= 4 is 29.0 Å². The molecule has 1 aromatic carbocycles. The number of benzene rings is 1. The minimum Gasteiger partial charge on any atom is -0.368 e. The van der Waals surface area contributed by atoms with Gasteiger partial charge in [-0.15, -0.1) is 11.3 Å². The second-order valence-electron chi connectivity index (χ2n) is 6.16. The number of aromatic nitrogens is 1. The molecule has 0 N–H and O–H groups in total. The van der Waals surface area contributed by atoms with Gasteiger partial charge >= 0.3 is 0 Å². The molecule has 5 heteroatoms. The summed E-state index contributed by atoms with van der Waals surface area (Å²) in [6.07, 6.45) is 3.45. The third-order valence-corrected chi connectivity index (χ3v) is 5.33. The second kappa shape index (κ2) is 7.18. The van der Waals surface area contributed by atoms with Crippen LogP contribution >= 0.6 is 11.3 Å². The molecule has 1 amide bonds. The van der Waals surface area contributed by atoms with Gasteiger partial charge in [0.05, 0.1) is 10.7 Å². The molecule has 0 atom stereocenters. The van der Waals surface area contributed by atoms with Gasteiger partial charge in [-0.3, -0.25) is 4.79 Å². The first-order valence-corrected chi connectivity index (χ1v) is 9.13. The smallest absolute Gasteiger partial charge is 0.246 e. The molecule has 0 aliphatic carbocycles. The van der Waals surface area contributed by atoms with Crippen LogP contribution in [-0.4, -0.2) is 42.0 Å². The first-order valence-electron chi connectivity index (χ1n) is 8.25. The highest BCUT2D eigenvalue weighted by Gasteiger charge is 2.21. The van der Waals surface area contributed by atoms with E-state index in [1.165, 1.54) is 16.8 Å². The topological polar surface area (TPSA) is 36.4 Å². The maximum Gasteiger partial charge on any atom is 0.246 e. The molecule has 1 fully saturated rings. The summed E-state index contributed by atoms with van der Waals surface area (Å²) in [5, 5.41) is 2.99. The molecular formula is C19H23N3OS. The Labute approximate surface area is 147 Å². The minimum atomic E-state index is 0.0706. The van der Waals surface area contributed by atoms with Crippen molar-refractivity contribution in [3.05, 3.63) is 51.5 Å². The summed E-state index contributed by atoms with van der Waals surface area (Å²) in [5.74, 6) is 0.0706. The van der Waals surface area contributed by atoms with E-state index in [9.17, 15) is 4.79 Å². The largest absolute Gasteiger partial charge is 0.368 e. The molecule has 1 aliphatic rings. The fraction of sp³-hybridized carbons (Fsp3) is 0.368. The number of hydrogen-bond acceptors (Lipinski definition) is 4. The molecule has 0 saturated carbocycles. The maximum absolute atomic E-state index is 12.3. The van der Waals surface area contributed by atoms with Crippen LogP contribution in [0.25, 0.3) is 6.08 Å². The summed E-state index contributed by atoms with van der Waals surface area (Å²) in [6, 6.07) is 6.42. The van der Waals surface area contributed by atoms with Crippen LogP contribution in [-0.2, 0) is 4.79 Å². The maximum atomic E-state index is 12.3. The highest BCUT2D eigenvalue weighted by Crippen LogP contribution is 2.23. The van der Waals surface area contributed by atoms with E-state index in [0.717, 1.165) is 36.9 Å². The summed E-state index contributed by atoms with van der Waals surface area (Å²) in [6.45, 7) is 9.54. The van der Waals surface area contributed by atoms with E-state index in [-0.39, 0.29) is 5.91 Å². The number of piperazine rings is 1. The number of carbonyl (C=O) groups is 1. The molecule has 2 aromatic rings. The Hall–Kier alpha value is -2.14. The van der Waals surface area contributed by atoms with Gasteiger partial charge in [0.1, 0.15) is 0 Å². The van der Waals surface area contributed by atoms with Crippen molar-refractivity contribution in [1.29, 1.82) is 0 Å². The van der Waals surface area contributed by atoms with Crippen LogP contribution in [0.1, 0.15) is 21.8 Å². The predicted molar refractivity (Wildman–Crippen MR) is 101 cm³/mol. The first kappa shape index (κ1) is 16.7. The van der Waals surface area contributed by atoms with Crippen LogP contribution in [0.5, 0.6) is 0 Å². The van der Waals surface area contributed by atoms with Gasteiger partial charge in [-0.25, -0.2) is 4.98 Å². The summed E-state index contributed by atoms with van der Waals surface area (Å²) < 4.78 is 0. The lowest BCUT2D eigenvalue weighted by molar-refractivity contribution is -0.126. The first-order chi connectivity index (χ1) is 11.5. The predicted octanol–water partition coefficient (Wildman–Crippen LogP) is 3.43. The zero-order valence-corrected chi connectivity index (χ0v) is 15.3. The fourth-order valence-electron chi connectivity index (χ4n) is 2.96. The molecule has 3 rings (SSSR count). The number of nitrogens with zero attached hydrogens (tertiary/aromatic N) is 3. The SMILES string of the molecule is Cc1nc(/C=C/C(=O)N2CCN(c3cccc(C)c3C)CC2)cs1. The van der Waals surface area contributed by atoms with Gasteiger partial charge in [0.25, 0.3) is 0 Å². The van der Waals surface area contributed by atoms with E-state index in [1.54, 1.807) is 17.4 Å². The average molecular weight is 341 g/mol. The molecule has 2 heterocycles. The summed E-state index contributed by atoms with van der Waals surface area (Å²) in [7, 11) is 0. The number of amides is 1. The van der Waals surface area contributed by atoms with Gasteiger partial charge in [-0.2, -0.15) is 0 Å². The molecule has 24 heavy (non-hydrogen) atoms. The number of carbonyl (C=O) groups excluding carboxylic acids is 1. The van der Waals surface area contributed by atoms with Crippen molar-refractivity contribution < 1.29 is 4.79 Å². The van der Waals surface area contributed by atoms with Gasteiger partial charge in [0, 0.05) is 43.3 Å². The molecule has 1 aliphatic heterocycles. The summed E-state index contributed by atoms with van der Waals surface area (Å²) >= 11 is 1.60. The Morgan fingerprint density at radius 3 is 2.58 bits per heavy atom. The monoisotopic (exact) mass is 341 g/mol. The lowest BCUT2D eigenvalue weighted by Gasteiger charge is -2.36. The molecule has 0 bridgehead atoms. The summed E-state index contributed by atoms with van der Waals surface area (Å²) in [4.78, 5) is 21.0. The quantitative estimate of drug-likeness (QED) is 0.803. The zero-order valence-electron chi connectivity index (χ0n) is 14.5. The standard InChI is InChI=1S/C19H23N3OS/c1-14-5-4-6-18(15(14)2)21-9-11-22(12-10-21)19(23)8-7-17-13-24-16(3)20-17/h4-8,13H,9-12H2,1-3H3/b8-7+. The van der Waals surface area contributed by atoms with Crippen molar-refractivity contribution in [2.75, 3.05) is 31.1 Å². The van der Waals surface area contributed by atoms with Crippen molar-refractivity contribution in [3.63, 3.8) is 0 Å². The Morgan fingerprint density at radius 1 is 1.17 bits per heavy atom. The normalized spacial score (nSPS) is 15.3. The van der Waals surface area contributed by atoms with Gasteiger partial charge in [0.2, 0.25) is 5.91 Å². The molecule has 4 nitrogen and oxygen atoms in total. The second-order valence-corrected chi connectivity index (χ2v) is 7.22. The van der Waals surface area contributed by atoms with E-state index < -0.39 is 0 Å². The van der Waals surface area contributed by atoms with Crippen molar-refractivity contribution in [3.8, 4) is 0 Å². The highest BCUT2D eigenvalue weighted by atomic mass is 32.1. The highest BCUT2D eigenvalue weighted by molar-refractivity contribution is 7.09. The fourth-order valence-corrected chi connectivity index (χ4v) is 3.55. The number of hydrogen-bond donors (Lipinski definition) is 0. The van der Waals surface area contributed by atoms with Crippen molar-refractivity contribution in [2.24, 2.45) is 0 Å². The molecule has 1 aromatic heterocycles. The van der Waals surface area contributed by atoms with Crippen molar-refractivity contribution in [1.82, 2.24) is 9.88 Å². The van der Waals surface area contributed by atoms with Crippen LogP contribution in [0.15, 0.2) is 29.7 Å². The zero-order chi connectivity index (χ0) is 17.1. The van der Waals surface area contributed by atoms with Crippen LogP contribution in [0.2, 0.25) is 0 Å². The third kappa shape index (κ3) is 3.67. The van der Waals surface area contributed by atoms with Crippen LogP contribution in [0, 0.1) is 20.8 Å². The molecule has 1 saturated heterocycles. The molecular weight excluding hydrogens is 318 g/mol. The van der Waals surface area contributed by atoms with E-state index >= 15 is 0 Å². The number of thiazole rings is 1. The number of rotatable bonds is 3. The third-order valence-electron chi connectivity index (χ3n) is 4.54. The van der Waals surface area contributed by atoms with E-state index in [0.29, 0.717) is 0 Å². The number of aryl methyl sites for hydroxylation is 2. The Kier molecular flexibility index (Phi) is 5.00. The summed E-state index contributed by atoms with van der Waals surface area (Å²) in [5.41, 5.74) is 4.79. The molecule has 0 radical (unpaired) electrons. The minimum absolute atomic E-state index is 0.0706. The Bertz CT molecular complexity index is 758.